The van der Waals surface area contributed by atoms with Gasteiger partial charge in [-0.2, -0.15) is 0 Å². The molecule has 0 bridgehead atoms. The molecule has 4 N–H and O–H groups in total. The first kappa shape index (κ1) is 21.8. The second-order valence-electron chi connectivity index (χ2n) is 9.37. The van der Waals surface area contributed by atoms with E-state index in [4.69, 9.17) is 10.1 Å². The number of amidine groups is 1. The number of aliphatic hydroxyl groups is 1. The van der Waals surface area contributed by atoms with Crippen LogP contribution in [0.2, 0.25) is 0 Å². The number of methoxy groups -OCH3 is 1. The number of aliphatic hydroxyl groups excluding tert-OH is 1. The van der Waals surface area contributed by atoms with Crippen molar-refractivity contribution in [3.63, 3.8) is 0 Å². The van der Waals surface area contributed by atoms with Gasteiger partial charge in [0.15, 0.2) is 0 Å². The summed E-state index contributed by atoms with van der Waals surface area (Å²) in [6.45, 7) is 2.79. The molecule has 1 aromatic heterocycles. The number of piperidine rings is 1. The maximum Gasteiger partial charge on any atom is 0.122 e. The first-order valence-electron chi connectivity index (χ1n) is 12.1. The highest BCUT2D eigenvalue weighted by Crippen LogP contribution is 2.38. The molecule has 0 amide bonds. The molecule has 2 aliphatic carbocycles. The first-order chi connectivity index (χ1) is 16.2. The molecule has 1 atom stereocenters. The molecule has 0 aromatic carbocycles. The van der Waals surface area contributed by atoms with Gasteiger partial charge in [-0.25, -0.2) is 0 Å². The maximum absolute atomic E-state index is 9.41. The van der Waals surface area contributed by atoms with E-state index in [-0.39, 0.29) is 12.5 Å². The third-order valence-electron chi connectivity index (χ3n) is 7.37. The van der Waals surface area contributed by atoms with E-state index in [1.165, 1.54) is 22.3 Å². The van der Waals surface area contributed by atoms with Crippen molar-refractivity contribution in [1.29, 1.82) is 5.41 Å². The van der Waals surface area contributed by atoms with Crippen molar-refractivity contribution in [2.75, 3.05) is 38.7 Å². The number of nitrogens with zero attached hydrogens (tertiary/aromatic N) is 1. The topological polar surface area (TPSA) is 84.4 Å². The first-order valence-corrected chi connectivity index (χ1v) is 12.1. The highest BCUT2D eigenvalue weighted by Gasteiger charge is 2.28. The summed E-state index contributed by atoms with van der Waals surface area (Å²) in [5.74, 6) is 3.21. The van der Waals surface area contributed by atoms with E-state index < -0.39 is 0 Å². The van der Waals surface area contributed by atoms with Gasteiger partial charge in [-0.05, 0) is 61.3 Å². The van der Waals surface area contributed by atoms with E-state index in [0.717, 1.165) is 68.9 Å². The predicted molar refractivity (Wildman–Crippen MR) is 134 cm³/mol. The fourth-order valence-corrected chi connectivity index (χ4v) is 5.35. The molecule has 0 radical (unpaired) electrons. The average Bonchev–Trinajstić information content (AvgIpc) is 3.31. The molecule has 6 nitrogen and oxygen atoms in total. The predicted octanol–water partition coefficient (Wildman–Crippen LogP) is 4.72. The quantitative estimate of drug-likeness (QED) is 0.390. The van der Waals surface area contributed by atoms with E-state index >= 15 is 0 Å². The SMILES string of the molecule is COC1=CCCC=C1c1c[nH]c2c1C=C(C1=CC=CC(C(=N)N3CCC(CO)CC3)C1)CN2. The fourth-order valence-electron chi connectivity index (χ4n) is 5.35. The number of aromatic amines is 1. The normalized spacial score (nSPS) is 23.1. The highest BCUT2D eigenvalue weighted by molar-refractivity contribution is 5.89. The van der Waals surface area contributed by atoms with Crippen molar-refractivity contribution in [2.24, 2.45) is 11.8 Å². The lowest BCUT2D eigenvalue weighted by atomic mass is 9.85. The van der Waals surface area contributed by atoms with Crippen molar-refractivity contribution < 1.29 is 9.84 Å². The number of allylic oxidation sites excluding steroid dienone is 5. The maximum atomic E-state index is 9.41. The summed E-state index contributed by atoms with van der Waals surface area (Å²) in [6, 6.07) is 0. The minimum absolute atomic E-state index is 0.104. The Balaban J connectivity index is 1.33. The van der Waals surface area contributed by atoms with Gasteiger partial charge in [0.1, 0.15) is 17.4 Å². The van der Waals surface area contributed by atoms with Crippen molar-refractivity contribution >= 4 is 23.3 Å². The highest BCUT2D eigenvalue weighted by atomic mass is 16.5. The number of hydrogen-bond donors (Lipinski definition) is 4. The molecule has 1 unspecified atom stereocenters. The standard InChI is InChI=1S/C27H34N4O2/c1-33-25-8-3-2-7-22(25)24-16-30-27-23(24)14-21(15-29-27)19-5-4-6-20(13-19)26(28)31-11-9-18(17-32)10-12-31/h4-8,14,16,18,20,28-30,32H,2-3,9-13,15,17H2,1H3. The Morgan fingerprint density at radius 1 is 1.21 bits per heavy atom. The number of ether oxygens (including phenoxy) is 1. The number of anilines is 1. The Morgan fingerprint density at radius 3 is 2.82 bits per heavy atom. The molecule has 2 aliphatic heterocycles. The van der Waals surface area contributed by atoms with Gasteiger partial charge in [0.2, 0.25) is 0 Å². The van der Waals surface area contributed by atoms with Gasteiger partial charge in [-0.3, -0.25) is 5.41 Å². The van der Waals surface area contributed by atoms with Crippen LogP contribution in [0.1, 0.15) is 43.2 Å². The third-order valence-corrected chi connectivity index (χ3v) is 7.37. The Labute approximate surface area is 195 Å². The fraction of sp³-hybridized carbons (Fsp3) is 0.444. The number of hydrogen-bond acceptors (Lipinski definition) is 4. The second kappa shape index (κ2) is 9.48. The number of H-pyrrole nitrogens is 1. The van der Waals surface area contributed by atoms with Crippen molar-refractivity contribution in [1.82, 2.24) is 9.88 Å². The monoisotopic (exact) mass is 446 g/mol. The molecular formula is C27H34N4O2. The molecule has 6 heteroatoms. The van der Waals surface area contributed by atoms with Gasteiger partial charge in [-0.15, -0.1) is 0 Å². The molecule has 174 valence electrons. The van der Waals surface area contributed by atoms with Crippen LogP contribution in [0.4, 0.5) is 5.82 Å². The van der Waals surface area contributed by atoms with E-state index in [9.17, 15) is 5.11 Å². The lowest BCUT2D eigenvalue weighted by Crippen LogP contribution is -2.42. The van der Waals surface area contributed by atoms with Crippen LogP contribution in [0.15, 0.2) is 53.5 Å². The van der Waals surface area contributed by atoms with E-state index in [2.05, 4.69) is 57.9 Å². The van der Waals surface area contributed by atoms with Crippen molar-refractivity contribution in [3.8, 4) is 0 Å². The molecule has 1 aromatic rings. The molecule has 1 saturated heterocycles. The summed E-state index contributed by atoms with van der Waals surface area (Å²) in [7, 11) is 1.74. The Morgan fingerprint density at radius 2 is 2.03 bits per heavy atom. The molecule has 33 heavy (non-hydrogen) atoms. The minimum atomic E-state index is 0.104. The number of likely N-dealkylation sites (tertiary alicyclic amines) is 1. The number of rotatable bonds is 5. The smallest absolute Gasteiger partial charge is 0.122 e. The minimum Gasteiger partial charge on any atom is -0.496 e. The lowest BCUT2D eigenvalue weighted by molar-refractivity contribution is 0.164. The van der Waals surface area contributed by atoms with Gasteiger partial charge in [-0.1, -0.05) is 24.3 Å². The molecule has 5 rings (SSSR count). The van der Waals surface area contributed by atoms with Gasteiger partial charge in [0.25, 0.3) is 0 Å². The zero-order chi connectivity index (χ0) is 22.8. The Bertz CT molecular complexity index is 1060. The Kier molecular flexibility index (Phi) is 6.27. The zero-order valence-corrected chi connectivity index (χ0v) is 19.4. The number of fused-ring (bicyclic) bond motifs is 1. The van der Waals surface area contributed by atoms with Crippen LogP contribution < -0.4 is 5.32 Å². The van der Waals surface area contributed by atoms with Crippen LogP contribution in [0, 0.1) is 17.2 Å². The van der Waals surface area contributed by atoms with E-state index in [1.54, 1.807) is 7.11 Å². The van der Waals surface area contributed by atoms with E-state index in [1.807, 2.05) is 0 Å². The van der Waals surface area contributed by atoms with Crippen LogP contribution in [-0.4, -0.2) is 54.2 Å². The molecule has 0 saturated carbocycles. The van der Waals surface area contributed by atoms with Crippen molar-refractivity contribution in [3.05, 3.63) is 64.6 Å². The molecule has 3 heterocycles. The molecule has 0 spiro atoms. The molecular weight excluding hydrogens is 412 g/mol. The molecule has 1 fully saturated rings. The van der Waals surface area contributed by atoms with Gasteiger partial charge < -0.3 is 25.0 Å². The average molecular weight is 447 g/mol. The van der Waals surface area contributed by atoms with Crippen LogP contribution >= 0.6 is 0 Å². The van der Waals surface area contributed by atoms with Crippen LogP contribution in [0.5, 0.6) is 0 Å². The lowest BCUT2D eigenvalue weighted by Gasteiger charge is -2.36. The summed E-state index contributed by atoms with van der Waals surface area (Å²) in [5.41, 5.74) is 6.08. The summed E-state index contributed by atoms with van der Waals surface area (Å²) in [5, 5.41) is 21.8. The van der Waals surface area contributed by atoms with Gasteiger partial charge in [0.05, 0.1) is 7.11 Å². The second-order valence-corrected chi connectivity index (χ2v) is 9.37. The van der Waals surface area contributed by atoms with Gasteiger partial charge in [0, 0.05) is 55.1 Å². The van der Waals surface area contributed by atoms with Gasteiger partial charge >= 0.3 is 0 Å². The van der Waals surface area contributed by atoms with Crippen molar-refractivity contribution in [2.45, 2.75) is 32.1 Å². The number of nitrogens with one attached hydrogen (secondary N) is 3. The summed E-state index contributed by atoms with van der Waals surface area (Å²) >= 11 is 0. The van der Waals surface area contributed by atoms with Crippen LogP contribution in [0.3, 0.4) is 0 Å². The zero-order valence-electron chi connectivity index (χ0n) is 19.4. The van der Waals surface area contributed by atoms with Crippen LogP contribution in [-0.2, 0) is 4.74 Å². The Hall–Kier alpha value is -2.99. The third kappa shape index (κ3) is 4.32. The molecule has 4 aliphatic rings. The summed E-state index contributed by atoms with van der Waals surface area (Å²) < 4.78 is 5.65. The summed E-state index contributed by atoms with van der Waals surface area (Å²) in [6.07, 6.45) is 20.1. The number of aromatic nitrogens is 1. The van der Waals surface area contributed by atoms with Crippen LogP contribution in [0.25, 0.3) is 11.6 Å². The van der Waals surface area contributed by atoms with E-state index in [0.29, 0.717) is 11.8 Å². The summed E-state index contributed by atoms with van der Waals surface area (Å²) in [4.78, 5) is 5.60. The largest absolute Gasteiger partial charge is 0.496 e.